The van der Waals surface area contributed by atoms with Gasteiger partial charge in [-0.1, -0.05) is 0 Å². The molecule has 18 heavy (non-hydrogen) atoms. The zero-order valence-electron chi connectivity index (χ0n) is 9.06. The number of rotatable bonds is 3. The average molecular weight is 284 g/mol. The monoisotopic (exact) mass is 284 g/mol. The molecule has 0 aliphatic rings. The van der Waals surface area contributed by atoms with Gasteiger partial charge in [-0.15, -0.1) is 0 Å². The minimum Gasteiger partial charge on any atom is -0.481 e. The van der Waals surface area contributed by atoms with Gasteiger partial charge in [-0.2, -0.15) is 26.3 Å². The summed E-state index contributed by atoms with van der Waals surface area (Å²) < 4.78 is 70.6. The predicted octanol–water partition coefficient (Wildman–Crippen LogP) is 2.53. The van der Waals surface area contributed by atoms with Crippen LogP contribution in [0.4, 0.5) is 26.3 Å². The Hall–Kier alpha value is -1.48. The van der Waals surface area contributed by atoms with E-state index < -0.39 is 37.1 Å². The molecule has 10 heteroatoms. The van der Waals surface area contributed by atoms with Crippen molar-refractivity contribution >= 4 is 11.9 Å². The molecule has 0 spiro atoms. The first-order valence-corrected chi connectivity index (χ1v) is 4.42. The second-order valence-electron chi connectivity index (χ2n) is 2.73. The second kappa shape index (κ2) is 7.77. The van der Waals surface area contributed by atoms with Crippen molar-refractivity contribution in [3.63, 3.8) is 0 Å². The number of esters is 1. The van der Waals surface area contributed by atoms with Crippen molar-refractivity contribution in [2.24, 2.45) is 0 Å². The minimum absolute atomic E-state index is 0.252. The van der Waals surface area contributed by atoms with Gasteiger partial charge in [0.15, 0.2) is 0 Å². The summed E-state index contributed by atoms with van der Waals surface area (Å²) in [5, 5.41) is 7.78. The predicted molar refractivity (Wildman–Crippen MR) is 45.6 cm³/mol. The fourth-order valence-corrected chi connectivity index (χ4v) is 0.462. The van der Waals surface area contributed by atoms with Crippen molar-refractivity contribution in [3.8, 4) is 0 Å². The van der Waals surface area contributed by atoms with E-state index >= 15 is 0 Å². The van der Waals surface area contributed by atoms with Gasteiger partial charge >= 0.3 is 24.3 Å². The Bertz CT molecular complexity index is 270. The number of aliphatic carboxylic acids is 1. The van der Waals surface area contributed by atoms with E-state index in [4.69, 9.17) is 5.11 Å². The van der Waals surface area contributed by atoms with E-state index in [1.807, 2.05) is 0 Å². The van der Waals surface area contributed by atoms with Crippen LogP contribution in [-0.2, 0) is 14.3 Å². The van der Waals surface area contributed by atoms with Crippen molar-refractivity contribution < 1.29 is 45.8 Å². The first kappa shape index (κ1) is 18.9. The zero-order chi connectivity index (χ0) is 15.0. The van der Waals surface area contributed by atoms with Crippen LogP contribution in [-0.4, -0.2) is 36.0 Å². The van der Waals surface area contributed by atoms with Crippen LogP contribution in [0.1, 0.15) is 19.8 Å². The van der Waals surface area contributed by atoms with Gasteiger partial charge in [-0.05, 0) is 6.92 Å². The highest BCUT2D eigenvalue weighted by molar-refractivity contribution is 5.75. The summed E-state index contributed by atoms with van der Waals surface area (Å²) in [5.74, 6) is -3.56. The van der Waals surface area contributed by atoms with E-state index in [0.29, 0.717) is 0 Å². The maximum atomic E-state index is 11.2. The second-order valence-corrected chi connectivity index (χ2v) is 2.73. The molecule has 0 rings (SSSR count). The third-order valence-electron chi connectivity index (χ3n) is 1.13. The van der Waals surface area contributed by atoms with Gasteiger partial charge in [0.25, 0.3) is 0 Å². The Morgan fingerprint density at radius 1 is 1.11 bits per heavy atom. The number of carbonyl (C=O) groups excluding carboxylic acids is 1. The molecule has 0 atom stereocenters. The van der Waals surface area contributed by atoms with E-state index in [1.165, 1.54) is 6.92 Å². The summed E-state index contributed by atoms with van der Waals surface area (Å²) in [4.78, 5) is 19.3. The van der Waals surface area contributed by atoms with Crippen molar-refractivity contribution in [2.75, 3.05) is 6.61 Å². The Morgan fingerprint density at radius 2 is 1.56 bits per heavy atom. The lowest BCUT2D eigenvalue weighted by Crippen LogP contribution is -2.25. The third kappa shape index (κ3) is 14.5. The van der Waals surface area contributed by atoms with Crippen LogP contribution in [0.25, 0.3) is 0 Å². The number of hydrogen-bond donors (Lipinski definition) is 1. The standard InChI is InChI=1S/2C4H5F3O2/c1-2-9-3(8)4(5,6)7;5-4(6,7)2-1-3(8)9/h2H2,1H3;1-2H2,(H,8,9). The molecule has 0 aromatic heterocycles. The Labute approximate surface area is 97.5 Å². The molecule has 4 nitrogen and oxygen atoms in total. The van der Waals surface area contributed by atoms with E-state index in [2.05, 4.69) is 4.74 Å². The number of carbonyl (C=O) groups is 2. The molecule has 0 radical (unpaired) electrons. The first-order valence-electron chi connectivity index (χ1n) is 4.42. The lowest BCUT2D eigenvalue weighted by atomic mass is 10.3. The van der Waals surface area contributed by atoms with Crippen molar-refractivity contribution in [2.45, 2.75) is 32.1 Å². The average Bonchev–Trinajstić information content (AvgIpc) is 2.14. The van der Waals surface area contributed by atoms with Crippen LogP contribution < -0.4 is 0 Å². The van der Waals surface area contributed by atoms with Gasteiger partial charge in [-0.25, -0.2) is 4.79 Å². The smallest absolute Gasteiger partial charge is 0.481 e. The Morgan fingerprint density at radius 3 is 1.67 bits per heavy atom. The van der Waals surface area contributed by atoms with Crippen LogP contribution in [0, 0.1) is 0 Å². The summed E-state index contributed by atoms with van der Waals surface area (Å²) in [7, 11) is 0. The number of alkyl halides is 6. The SMILES string of the molecule is CCOC(=O)C(F)(F)F.O=C(O)CCC(F)(F)F. The summed E-state index contributed by atoms with van der Waals surface area (Å²) in [6, 6.07) is 0. The van der Waals surface area contributed by atoms with Crippen LogP contribution in [0.3, 0.4) is 0 Å². The van der Waals surface area contributed by atoms with Crippen LogP contribution in [0.15, 0.2) is 0 Å². The number of halogens is 6. The van der Waals surface area contributed by atoms with Crippen molar-refractivity contribution in [3.05, 3.63) is 0 Å². The van der Waals surface area contributed by atoms with Gasteiger partial charge in [0.05, 0.1) is 19.4 Å². The molecule has 0 unspecified atom stereocenters. The fourth-order valence-electron chi connectivity index (χ4n) is 0.462. The lowest BCUT2D eigenvalue weighted by Gasteiger charge is -2.02. The fraction of sp³-hybridized carbons (Fsp3) is 0.750. The van der Waals surface area contributed by atoms with Crippen LogP contribution >= 0.6 is 0 Å². The number of carboxylic acids is 1. The lowest BCUT2D eigenvalue weighted by molar-refractivity contribution is -0.199. The molecule has 0 aliphatic heterocycles. The highest BCUT2D eigenvalue weighted by atomic mass is 19.4. The molecule has 0 saturated carbocycles. The van der Waals surface area contributed by atoms with E-state index in [1.54, 1.807) is 0 Å². The van der Waals surface area contributed by atoms with Crippen molar-refractivity contribution in [1.29, 1.82) is 0 Å². The molecule has 0 heterocycles. The minimum atomic E-state index is -4.85. The topological polar surface area (TPSA) is 63.6 Å². The van der Waals surface area contributed by atoms with Crippen LogP contribution in [0.2, 0.25) is 0 Å². The third-order valence-corrected chi connectivity index (χ3v) is 1.13. The van der Waals surface area contributed by atoms with E-state index in [9.17, 15) is 35.9 Å². The molecule has 0 aromatic carbocycles. The van der Waals surface area contributed by atoms with E-state index in [0.717, 1.165) is 0 Å². The van der Waals surface area contributed by atoms with Crippen LogP contribution in [0.5, 0.6) is 0 Å². The molecule has 0 fully saturated rings. The van der Waals surface area contributed by atoms with Gasteiger partial charge in [0.2, 0.25) is 0 Å². The highest BCUT2D eigenvalue weighted by Gasteiger charge is 2.40. The molecule has 0 amide bonds. The van der Waals surface area contributed by atoms with Gasteiger partial charge in [0.1, 0.15) is 0 Å². The summed E-state index contributed by atoms with van der Waals surface area (Å²) in [6.45, 7) is 1.06. The molecule has 108 valence electrons. The number of carboxylic acid groups (broad SMARTS) is 1. The van der Waals surface area contributed by atoms with Gasteiger partial charge in [0, 0.05) is 0 Å². The maximum absolute atomic E-state index is 11.2. The molecule has 0 aliphatic carbocycles. The molecule has 0 saturated heterocycles. The summed E-state index contributed by atoms with van der Waals surface area (Å²) in [6.07, 6.45) is -11.3. The number of ether oxygens (including phenoxy) is 1. The van der Waals surface area contributed by atoms with Crippen molar-refractivity contribution in [1.82, 2.24) is 0 Å². The molecular weight excluding hydrogens is 274 g/mol. The van der Waals surface area contributed by atoms with E-state index in [-0.39, 0.29) is 6.61 Å². The Kier molecular flexibility index (Phi) is 8.15. The molecule has 0 aromatic rings. The molecule has 1 N–H and O–H groups in total. The number of hydrogen-bond acceptors (Lipinski definition) is 3. The normalized spacial score (nSPS) is 11.3. The summed E-state index contributed by atoms with van der Waals surface area (Å²) >= 11 is 0. The molecule has 0 bridgehead atoms. The quantitative estimate of drug-likeness (QED) is 0.639. The zero-order valence-corrected chi connectivity index (χ0v) is 9.06. The Balaban J connectivity index is 0. The summed E-state index contributed by atoms with van der Waals surface area (Å²) in [5.41, 5.74) is 0. The maximum Gasteiger partial charge on any atom is 0.490 e. The largest absolute Gasteiger partial charge is 0.490 e. The van der Waals surface area contributed by atoms with Gasteiger partial charge in [-0.3, -0.25) is 4.79 Å². The van der Waals surface area contributed by atoms with Gasteiger partial charge < -0.3 is 9.84 Å². The molecular formula is C8H10F6O4. The highest BCUT2D eigenvalue weighted by Crippen LogP contribution is 2.20. The first-order chi connectivity index (χ1) is 7.90.